The Kier molecular flexibility index (Phi) is 8.04. The van der Waals surface area contributed by atoms with E-state index in [2.05, 4.69) is 0 Å². The molecule has 3 aromatic rings. The predicted molar refractivity (Wildman–Crippen MR) is 126 cm³/mol. The molecule has 0 radical (unpaired) electrons. The zero-order valence-electron chi connectivity index (χ0n) is 19.1. The number of ether oxygens (including phenoxy) is 3. The molecule has 0 aromatic heterocycles. The number of methoxy groups -OCH3 is 2. The van der Waals surface area contributed by atoms with Crippen LogP contribution in [-0.2, 0) is 21.3 Å². The van der Waals surface area contributed by atoms with Crippen LogP contribution in [0.1, 0.15) is 26.3 Å². The molecule has 3 aromatic carbocycles. The highest BCUT2D eigenvalue weighted by Gasteiger charge is 2.27. The Bertz CT molecular complexity index is 1270. The number of sulfonamides is 1. The molecule has 0 heterocycles. The van der Waals surface area contributed by atoms with Gasteiger partial charge in [-0.05, 0) is 35.9 Å². The van der Waals surface area contributed by atoms with Gasteiger partial charge < -0.3 is 14.2 Å². The van der Waals surface area contributed by atoms with Crippen LogP contribution in [0.25, 0.3) is 0 Å². The lowest BCUT2D eigenvalue weighted by molar-refractivity contribution is 0.0473. The molecule has 178 valence electrons. The summed E-state index contributed by atoms with van der Waals surface area (Å²) < 4.78 is 43.2. The number of rotatable bonds is 10. The zero-order chi connectivity index (χ0) is 24.7. The highest BCUT2D eigenvalue weighted by atomic mass is 32.2. The standard InChI is InChI=1S/C25H25NO7S/c1-26(16-18-9-5-4-6-10-18)34(29,30)24-15-19(13-14-23(24)32-3)25(28)33-17-21(27)20-11-7-8-12-22(20)31-2/h4-15H,16-17H2,1-3H3. The minimum Gasteiger partial charge on any atom is -0.496 e. The molecule has 0 aliphatic carbocycles. The van der Waals surface area contributed by atoms with E-state index in [9.17, 15) is 18.0 Å². The van der Waals surface area contributed by atoms with Gasteiger partial charge in [-0.2, -0.15) is 4.31 Å². The molecule has 0 N–H and O–H groups in total. The maximum Gasteiger partial charge on any atom is 0.338 e. The molecule has 9 heteroatoms. The van der Waals surface area contributed by atoms with Gasteiger partial charge in [-0.3, -0.25) is 4.79 Å². The van der Waals surface area contributed by atoms with E-state index in [1.54, 1.807) is 24.3 Å². The van der Waals surface area contributed by atoms with Crippen molar-refractivity contribution in [2.75, 3.05) is 27.9 Å². The molecular weight excluding hydrogens is 458 g/mol. The Morgan fingerprint density at radius 1 is 0.853 bits per heavy atom. The topological polar surface area (TPSA) is 99.2 Å². The fourth-order valence-electron chi connectivity index (χ4n) is 3.27. The number of carbonyl (C=O) groups is 2. The minimum atomic E-state index is -4.00. The van der Waals surface area contributed by atoms with E-state index >= 15 is 0 Å². The van der Waals surface area contributed by atoms with Crippen molar-refractivity contribution in [3.63, 3.8) is 0 Å². The number of esters is 1. The second kappa shape index (κ2) is 11.0. The van der Waals surface area contributed by atoms with Gasteiger partial charge in [0.05, 0.1) is 25.3 Å². The van der Waals surface area contributed by atoms with Crippen molar-refractivity contribution in [3.05, 3.63) is 89.5 Å². The average molecular weight is 484 g/mol. The second-order valence-electron chi connectivity index (χ2n) is 7.31. The third-order valence-corrected chi connectivity index (χ3v) is 6.90. The van der Waals surface area contributed by atoms with Crippen LogP contribution in [-0.4, -0.2) is 52.3 Å². The van der Waals surface area contributed by atoms with Crippen LogP contribution in [0, 0.1) is 0 Å². The highest BCUT2D eigenvalue weighted by Crippen LogP contribution is 2.28. The molecule has 0 saturated heterocycles. The molecule has 0 bridgehead atoms. The highest BCUT2D eigenvalue weighted by molar-refractivity contribution is 7.89. The number of hydrogen-bond donors (Lipinski definition) is 0. The molecule has 0 spiro atoms. The van der Waals surface area contributed by atoms with E-state index < -0.39 is 28.4 Å². The van der Waals surface area contributed by atoms with Gasteiger partial charge in [0.15, 0.2) is 6.61 Å². The third kappa shape index (κ3) is 5.62. The van der Waals surface area contributed by atoms with Gasteiger partial charge in [0, 0.05) is 13.6 Å². The number of carbonyl (C=O) groups excluding carboxylic acids is 2. The summed E-state index contributed by atoms with van der Waals surface area (Å²) in [5.41, 5.74) is 1.05. The van der Waals surface area contributed by atoms with Crippen molar-refractivity contribution in [1.82, 2.24) is 4.31 Å². The summed E-state index contributed by atoms with van der Waals surface area (Å²) in [6.45, 7) is -0.393. The molecule has 0 atom stereocenters. The summed E-state index contributed by atoms with van der Waals surface area (Å²) in [6.07, 6.45) is 0. The average Bonchev–Trinajstić information content (AvgIpc) is 2.87. The number of ketones is 1. The third-order valence-electron chi connectivity index (χ3n) is 5.08. The van der Waals surface area contributed by atoms with Crippen molar-refractivity contribution < 1.29 is 32.2 Å². The van der Waals surface area contributed by atoms with E-state index in [0.717, 1.165) is 5.56 Å². The Hall–Kier alpha value is -3.69. The lowest BCUT2D eigenvalue weighted by Gasteiger charge is -2.19. The van der Waals surface area contributed by atoms with Gasteiger partial charge in [0.25, 0.3) is 0 Å². The molecule has 0 unspecified atom stereocenters. The van der Waals surface area contributed by atoms with Crippen molar-refractivity contribution in [3.8, 4) is 11.5 Å². The van der Waals surface area contributed by atoms with E-state index in [-0.39, 0.29) is 28.3 Å². The molecule has 0 aliphatic heterocycles. The molecule has 0 fully saturated rings. The largest absolute Gasteiger partial charge is 0.496 e. The Morgan fingerprint density at radius 2 is 1.50 bits per heavy atom. The summed E-state index contributed by atoms with van der Waals surface area (Å²) in [4.78, 5) is 24.9. The Balaban J connectivity index is 1.80. The van der Waals surface area contributed by atoms with E-state index in [4.69, 9.17) is 14.2 Å². The fourth-order valence-corrected chi connectivity index (χ4v) is 4.60. The van der Waals surface area contributed by atoms with Crippen LogP contribution in [0.4, 0.5) is 0 Å². The molecular formula is C25H25NO7S. The maximum absolute atomic E-state index is 13.2. The normalized spacial score (nSPS) is 11.2. The lowest BCUT2D eigenvalue weighted by Crippen LogP contribution is -2.27. The quantitative estimate of drug-likeness (QED) is 0.321. The van der Waals surface area contributed by atoms with Crippen LogP contribution in [0.5, 0.6) is 11.5 Å². The SMILES string of the molecule is COc1ccccc1C(=O)COC(=O)c1ccc(OC)c(S(=O)(=O)N(C)Cc2ccccc2)c1. The first-order valence-corrected chi connectivity index (χ1v) is 11.7. The summed E-state index contributed by atoms with van der Waals surface area (Å²) in [5.74, 6) is -0.841. The van der Waals surface area contributed by atoms with Crippen LogP contribution in [0.2, 0.25) is 0 Å². The number of para-hydroxylation sites is 1. The molecule has 34 heavy (non-hydrogen) atoms. The van der Waals surface area contributed by atoms with E-state index in [1.165, 1.54) is 43.8 Å². The minimum absolute atomic E-state index is 0.0275. The summed E-state index contributed by atoms with van der Waals surface area (Å²) in [7, 11) is 0.220. The molecule has 0 amide bonds. The molecule has 0 saturated carbocycles. The number of Topliss-reactive ketones (excluding diaryl/α,β-unsaturated/α-hetero) is 1. The zero-order valence-corrected chi connectivity index (χ0v) is 19.9. The fraction of sp³-hybridized carbons (Fsp3) is 0.200. The van der Waals surface area contributed by atoms with Gasteiger partial charge in [-0.25, -0.2) is 13.2 Å². The van der Waals surface area contributed by atoms with E-state index in [0.29, 0.717) is 5.75 Å². The molecule has 3 rings (SSSR count). The molecule has 8 nitrogen and oxygen atoms in total. The predicted octanol–water partition coefficient (Wildman–Crippen LogP) is 3.56. The van der Waals surface area contributed by atoms with Gasteiger partial charge in [0.1, 0.15) is 16.4 Å². The van der Waals surface area contributed by atoms with Gasteiger partial charge in [-0.15, -0.1) is 0 Å². The van der Waals surface area contributed by atoms with Gasteiger partial charge in [-0.1, -0.05) is 42.5 Å². The maximum atomic E-state index is 13.2. The van der Waals surface area contributed by atoms with Crippen LogP contribution >= 0.6 is 0 Å². The van der Waals surface area contributed by atoms with Gasteiger partial charge >= 0.3 is 5.97 Å². The van der Waals surface area contributed by atoms with Crippen molar-refractivity contribution >= 4 is 21.8 Å². The summed E-state index contributed by atoms with van der Waals surface area (Å²) >= 11 is 0. The Morgan fingerprint density at radius 3 is 2.18 bits per heavy atom. The van der Waals surface area contributed by atoms with Crippen molar-refractivity contribution in [1.29, 1.82) is 0 Å². The smallest absolute Gasteiger partial charge is 0.338 e. The van der Waals surface area contributed by atoms with Gasteiger partial charge in [0.2, 0.25) is 15.8 Å². The first kappa shape index (κ1) is 24.9. The Labute approximate surface area is 198 Å². The monoisotopic (exact) mass is 483 g/mol. The van der Waals surface area contributed by atoms with Crippen LogP contribution in [0.3, 0.4) is 0 Å². The van der Waals surface area contributed by atoms with Crippen molar-refractivity contribution in [2.45, 2.75) is 11.4 Å². The summed E-state index contributed by atoms with van der Waals surface area (Å²) in [6, 6.07) is 19.6. The first-order valence-electron chi connectivity index (χ1n) is 10.3. The van der Waals surface area contributed by atoms with Crippen LogP contribution < -0.4 is 9.47 Å². The van der Waals surface area contributed by atoms with E-state index in [1.807, 2.05) is 30.3 Å². The second-order valence-corrected chi connectivity index (χ2v) is 9.33. The number of hydrogen-bond acceptors (Lipinski definition) is 7. The first-order chi connectivity index (χ1) is 16.3. The van der Waals surface area contributed by atoms with Crippen molar-refractivity contribution in [2.24, 2.45) is 0 Å². The van der Waals surface area contributed by atoms with Crippen LogP contribution in [0.15, 0.2) is 77.7 Å². The lowest BCUT2D eigenvalue weighted by atomic mass is 10.1. The number of benzene rings is 3. The number of nitrogens with zero attached hydrogens (tertiary/aromatic N) is 1. The summed E-state index contributed by atoms with van der Waals surface area (Å²) in [5, 5.41) is 0. The molecule has 0 aliphatic rings.